The van der Waals surface area contributed by atoms with E-state index in [9.17, 15) is 8.42 Å². The van der Waals surface area contributed by atoms with Gasteiger partial charge in [-0.25, -0.2) is 8.42 Å². The topological polar surface area (TPSA) is 37.4 Å². The average molecular weight is 309 g/mol. The summed E-state index contributed by atoms with van der Waals surface area (Å²) in [7, 11) is -3.47. The molecule has 0 spiro atoms. The number of benzene rings is 1. The van der Waals surface area contributed by atoms with Gasteiger partial charge in [-0.2, -0.15) is 0 Å². The summed E-state index contributed by atoms with van der Waals surface area (Å²) in [5.41, 5.74) is 3.92. The second-order valence-corrected chi connectivity index (χ2v) is 7.89. The Morgan fingerprint density at radius 1 is 1.15 bits per heavy atom. The van der Waals surface area contributed by atoms with Gasteiger partial charge in [-0.3, -0.25) is 4.31 Å². The number of sulfonamides is 1. The summed E-state index contributed by atoms with van der Waals surface area (Å²) >= 11 is 1.25. The van der Waals surface area contributed by atoms with Crippen molar-refractivity contribution in [3.05, 3.63) is 46.3 Å². The van der Waals surface area contributed by atoms with Gasteiger partial charge in [0.05, 0.1) is 5.69 Å². The molecule has 0 radical (unpaired) electrons. The maximum Gasteiger partial charge on any atom is 0.273 e. The summed E-state index contributed by atoms with van der Waals surface area (Å²) in [6.45, 7) is 8.23. The van der Waals surface area contributed by atoms with E-state index in [-0.39, 0.29) is 0 Å². The fourth-order valence-corrected chi connectivity index (χ4v) is 5.24. The lowest BCUT2D eigenvalue weighted by molar-refractivity contribution is 0.593. The quantitative estimate of drug-likeness (QED) is 0.859. The zero-order valence-electron chi connectivity index (χ0n) is 12.2. The molecule has 3 nitrogen and oxygen atoms in total. The van der Waals surface area contributed by atoms with Crippen LogP contribution in [-0.2, 0) is 10.0 Å². The van der Waals surface area contributed by atoms with Gasteiger partial charge in [-0.1, -0.05) is 23.8 Å². The van der Waals surface area contributed by atoms with Crippen LogP contribution in [0, 0.1) is 20.8 Å². The lowest BCUT2D eigenvalue weighted by atomic mass is 10.1. The highest BCUT2D eigenvalue weighted by Crippen LogP contribution is 2.32. The van der Waals surface area contributed by atoms with Crippen LogP contribution in [0.2, 0.25) is 0 Å². The van der Waals surface area contributed by atoms with E-state index in [0.29, 0.717) is 10.8 Å². The van der Waals surface area contributed by atoms with Gasteiger partial charge in [0.1, 0.15) is 4.21 Å². The first kappa shape index (κ1) is 15.1. The number of thiophene rings is 1. The lowest BCUT2D eigenvalue weighted by Crippen LogP contribution is -2.31. The summed E-state index contributed by atoms with van der Waals surface area (Å²) < 4.78 is 27.4. The van der Waals surface area contributed by atoms with E-state index in [0.717, 1.165) is 22.4 Å². The van der Waals surface area contributed by atoms with E-state index in [2.05, 4.69) is 0 Å². The van der Waals surface area contributed by atoms with Crippen molar-refractivity contribution in [1.82, 2.24) is 0 Å². The van der Waals surface area contributed by atoms with Crippen LogP contribution in [0.4, 0.5) is 5.69 Å². The minimum absolute atomic E-state index is 0.388. The average Bonchev–Trinajstić information content (AvgIpc) is 2.87. The van der Waals surface area contributed by atoms with Gasteiger partial charge in [0.15, 0.2) is 0 Å². The molecule has 1 heterocycles. The monoisotopic (exact) mass is 309 g/mol. The largest absolute Gasteiger partial charge is 0.273 e. The molecular formula is C15H19NO2S2. The second-order valence-electron chi connectivity index (χ2n) is 4.85. The molecular weight excluding hydrogens is 290 g/mol. The molecule has 20 heavy (non-hydrogen) atoms. The highest BCUT2D eigenvalue weighted by molar-refractivity contribution is 7.94. The molecule has 0 aliphatic rings. The van der Waals surface area contributed by atoms with E-state index in [1.807, 2.05) is 39.8 Å². The summed E-state index contributed by atoms with van der Waals surface area (Å²) in [4.78, 5) is 0. The molecule has 108 valence electrons. The Morgan fingerprint density at radius 2 is 1.75 bits per heavy atom. The first-order valence-corrected chi connectivity index (χ1v) is 8.84. The van der Waals surface area contributed by atoms with Crippen molar-refractivity contribution < 1.29 is 8.42 Å². The molecule has 1 aromatic carbocycles. The molecule has 1 aromatic heterocycles. The van der Waals surface area contributed by atoms with Gasteiger partial charge < -0.3 is 0 Å². The Hall–Kier alpha value is -1.33. The van der Waals surface area contributed by atoms with Crippen molar-refractivity contribution in [3.63, 3.8) is 0 Å². The van der Waals surface area contributed by atoms with Crippen LogP contribution in [0.15, 0.2) is 33.9 Å². The standard InChI is InChI=1S/C15H19NO2S2/c1-5-16(20(17,18)14-7-6-8-19-14)15-12(3)9-11(2)10-13(15)4/h6-10H,5H2,1-4H3. The Balaban J connectivity index is 2.60. The van der Waals surface area contributed by atoms with E-state index in [1.165, 1.54) is 15.6 Å². The van der Waals surface area contributed by atoms with Crippen LogP contribution in [0.5, 0.6) is 0 Å². The molecule has 0 unspecified atom stereocenters. The van der Waals surface area contributed by atoms with Gasteiger partial charge in [0, 0.05) is 6.54 Å². The lowest BCUT2D eigenvalue weighted by Gasteiger charge is -2.26. The molecule has 5 heteroatoms. The minimum atomic E-state index is -3.47. The predicted molar refractivity (Wildman–Crippen MR) is 85.2 cm³/mol. The van der Waals surface area contributed by atoms with Crippen LogP contribution in [0.1, 0.15) is 23.6 Å². The molecule has 0 atom stereocenters. The van der Waals surface area contributed by atoms with E-state index >= 15 is 0 Å². The molecule has 0 N–H and O–H groups in total. The van der Waals surface area contributed by atoms with Gasteiger partial charge in [-0.05, 0) is 50.3 Å². The maximum absolute atomic E-state index is 12.8. The van der Waals surface area contributed by atoms with Crippen LogP contribution in [0.25, 0.3) is 0 Å². The zero-order valence-corrected chi connectivity index (χ0v) is 13.8. The SMILES string of the molecule is CCN(c1c(C)cc(C)cc1C)S(=O)(=O)c1cccs1. The number of hydrogen-bond donors (Lipinski definition) is 0. The summed E-state index contributed by atoms with van der Waals surface area (Å²) in [6.07, 6.45) is 0. The Bertz CT molecular complexity index is 680. The third-order valence-corrected chi connectivity index (χ3v) is 6.46. The van der Waals surface area contributed by atoms with Crippen molar-refractivity contribution >= 4 is 27.0 Å². The van der Waals surface area contributed by atoms with Gasteiger partial charge in [-0.15, -0.1) is 11.3 Å². The van der Waals surface area contributed by atoms with Crippen LogP contribution < -0.4 is 4.31 Å². The van der Waals surface area contributed by atoms with Crippen LogP contribution in [-0.4, -0.2) is 15.0 Å². The molecule has 2 aromatic rings. The van der Waals surface area contributed by atoms with Gasteiger partial charge in [0.25, 0.3) is 10.0 Å². The molecule has 0 bridgehead atoms. The highest BCUT2D eigenvalue weighted by Gasteiger charge is 2.26. The van der Waals surface area contributed by atoms with E-state index in [4.69, 9.17) is 0 Å². The highest BCUT2D eigenvalue weighted by atomic mass is 32.2. The molecule has 0 amide bonds. The van der Waals surface area contributed by atoms with Crippen molar-refractivity contribution in [2.45, 2.75) is 31.9 Å². The third kappa shape index (κ3) is 2.60. The van der Waals surface area contributed by atoms with E-state index in [1.54, 1.807) is 17.5 Å². The predicted octanol–water partition coefficient (Wildman–Crippen LogP) is 3.89. The minimum Gasteiger partial charge on any atom is -0.265 e. The van der Waals surface area contributed by atoms with Gasteiger partial charge >= 0.3 is 0 Å². The smallest absolute Gasteiger partial charge is 0.265 e. The van der Waals surface area contributed by atoms with Crippen molar-refractivity contribution in [3.8, 4) is 0 Å². The number of nitrogens with zero attached hydrogens (tertiary/aromatic N) is 1. The second kappa shape index (κ2) is 5.58. The zero-order chi connectivity index (χ0) is 14.9. The first-order chi connectivity index (χ1) is 9.37. The molecule has 0 saturated carbocycles. The third-order valence-electron chi connectivity index (χ3n) is 3.21. The van der Waals surface area contributed by atoms with Crippen molar-refractivity contribution in [2.24, 2.45) is 0 Å². The molecule has 0 saturated heterocycles. The number of hydrogen-bond acceptors (Lipinski definition) is 3. The molecule has 0 aliphatic carbocycles. The Labute approximate surface area is 124 Å². The number of anilines is 1. The van der Waals surface area contributed by atoms with E-state index < -0.39 is 10.0 Å². The molecule has 2 rings (SSSR count). The fraction of sp³-hybridized carbons (Fsp3) is 0.333. The maximum atomic E-state index is 12.8. The normalized spacial score (nSPS) is 11.6. The van der Waals surface area contributed by atoms with Crippen molar-refractivity contribution in [1.29, 1.82) is 0 Å². The van der Waals surface area contributed by atoms with Crippen LogP contribution >= 0.6 is 11.3 Å². The first-order valence-electron chi connectivity index (χ1n) is 6.52. The Morgan fingerprint density at radius 3 is 2.20 bits per heavy atom. The Kier molecular flexibility index (Phi) is 4.20. The van der Waals surface area contributed by atoms with Crippen LogP contribution in [0.3, 0.4) is 0 Å². The summed E-state index contributed by atoms with van der Waals surface area (Å²) in [5, 5.41) is 1.79. The van der Waals surface area contributed by atoms with Crippen molar-refractivity contribution in [2.75, 3.05) is 10.8 Å². The molecule has 0 fully saturated rings. The fourth-order valence-electron chi connectivity index (χ4n) is 2.53. The number of aryl methyl sites for hydroxylation is 3. The molecule has 0 aliphatic heterocycles. The van der Waals surface area contributed by atoms with Gasteiger partial charge in [0.2, 0.25) is 0 Å². The summed E-state index contributed by atoms with van der Waals surface area (Å²) in [6, 6.07) is 7.46. The number of rotatable bonds is 4. The summed E-state index contributed by atoms with van der Waals surface area (Å²) in [5.74, 6) is 0.